The van der Waals surface area contributed by atoms with E-state index >= 15 is 0 Å². The molecule has 0 aliphatic rings. The van der Waals surface area contributed by atoms with E-state index < -0.39 is 0 Å². The third-order valence-corrected chi connectivity index (χ3v) is 4.83. The molecule has 0 aliphatic heterocycles. The molecule has 0 bridgehead atoms. The number of methoxy groups -OCH3 is 1. The van der Waals surface area contributed by atoms with Crippen LogP contribution in [0.5, 0.6) is 5.75 Å². The van der Waals surface area contributed by atoms with Crippen LogP contribution in [0.3, 0.4) is 0 Å². The van der Waals surface area contributed by atoms with Crippen molar-refractivity contribution in [3.05, 3.63) is 76.3 Å². The molecule has 1 aromatic heterocycles. The van der Waals surface area contributed by atoms with E-state index in [-0.39, 0.29) is 22.2 Å². The van der Waals surface area contributed by atoms with Crippen LogP contribution in [0.25, 0.3) is 5.69 Å². The minimum atomic E-state index is -0.314. The van der Waals surface area contributed by atoms with Crippen LogP contribution in [0, 0.1) is 0 Å². The van der Waals surface area contributed by atoms with Gasteiger partial charge >= 0.3 is 0 Å². The summed E-state index contributed by atoms with van der Waals surface area (Å²) in [6.07, 6.45) is 3.09. The van der Waals surface area contributed by atoms with Crippen LogP contribution in [0.2, 0.25) is 5.02 Å². The summed E-state index contributed by atoms with van der Waals surface area (Å²) >= 11 is 6.90. The number of thioether (sulfide) groups is 1. The van der Waals surface area contributed by atoms with Gasteiger partial charge in [-0.3, -0.25) is 14.2 Å². The first-order valence-electron chi connectivity index (χ1n) is 7.98. The fourth-order valence-electron chi connectivity index (χ4n) is 2.38. The van der Waals surface area contributed by atoms with E-state index in [1.807, 2.05) is 12.1 Å². The van der Waals surface area contributed by atoms with Gasteiger partial charge in [-0.05, 0) is 36.4 Å². The van der Waals surface area contributed by atoms with Crippen molar-refractivity contribution in [3.8, 4) is 11.4 Å². The predicted octanol–water partition coefficient (Wildman–Crippen LogP) is 3.63. The number of hydrogen-bond acceptors (Lipinski definition) is 5. The number of nitrogens with one attached hydrogen (secondary N) is 1. The second-order valence-electron chi connectivity index (χ2n) is 5.42. The van der Waals surface area contributed by atoms with Crippen molar-refractivity contribution in [2.75, 3.05) is 18.2 Å². The van der Waals surface area contributed by atoms with E-state index in [2.05, 4.69) is 10.3 Å². The topological polar surface area (TPSA) is 73.2 Å². The van der Waals surface area contributed by atoms with E-state index in [1.54, 1.807) is 49.7 Å². The van der Waals surface area contributed by atoms with Gasteiger partial charge in [0, 0.05) is 23.1 Å². The number of carbonyl (C=O) groups excluding carboxylic acids is 1. The number of anilines is 1. The van der Waals surface area contributed by atoms with Gasteiger partial charge in [0.25, 0.3) is 5.56 Å². The highest BCUT2D eigenvalue weighted by molar-refractivity contribution is 7.99. The standard InChI is InChI=1S/C19H16ClN3O3S/c1-26-16-5-3-2-4-15(16)23-11-10-21-18(19(23)25)27-12-17(24)22-14-8-6-13(20)7-9-14/h2-11H,12H2,1H3,(H,22,24). The zero-order valence-electron chi connectivity index (χ0n) is 14.4. The van der Waals surface area contributed by atoms with E-state index in [1.165, 1.54) is 10.8 Å². The molecule has 1 N–H and O–H groups in total. The van der Waals surface area contributed by atoms with E-state index in [0.717, 1.165) is 11.8 Å². The summed E-state index contributed by atoms with van der Waals surface area (Å²) in [5.74, 6) is 0.388. The minimum absolute atomic E-state index is 0.0564. The average molecular weight is 402 g/mol. The van der Waals surface area contributed by atoms with Gasteiger partial charge in [0.2, 0.25) is 5.91 Å². The fraction of sp³-hybridized carbons (Fsp3) is 0.105. The Hall–Kier alpha value is -2.77. The molecular weight excluding hydrogens is 386 g/mol. The Kier molecular flexibility index (Phi) is 6.16. The molecule has 6 nitrogen and oxygen atoms in total. The summed E-state index contributed by atoms with van der Waals surface area (Å²) in [5.41, 5.74) is 0.934. The first-order chi connectivity index (χ1) is 13.1. The molecule has 1 amide bonds. The molecule has 2 aromatic carbocycles. The minimum Gasteiger partial charge on any atom is -0.495 e. The number of para-hydroxylation sites is 2. The normalized spacial score (nSPS) is 10.4. The number of hydrogen-bond donors (Lipinski definition) is 1. The molecule has 27 heavy (non-hydrogen) atoms. The lowest BCUT2D eigenvalue weighted by Crippen LogP contribution is -2.22. The number of nitrogens with zero attached hydrogens (tertiary/aromatic N) is 2. The Morgan fingerprint density at radius 1 is 1.22 bits per heavy atom. The van der Waals surface area contributed by atoms with Gasteiger partial charge < -0.3 is 10.1 Å². The van der Waals surface area contributed by atoms with Gasteiger partial charge in [-0.25, -0.2) is 4.98 Å². The zero-order valence-corrected chi connectivity index (χ0v) is 16.0. The predicted molar refractivity (Wildman–Crippen MR) is 107 cm³/mol. The maximum atomic E-state index is 12.7. The molecule has 1 heterocycles. The first-order valence-corrected chi connectivity index (χ1v) is 9.34. The molecule has 0 unspecified atom stereocenters. The number of aromatic nitrogens is 2. The van der Waals surface area contributed by atoms with Crippen LogP contribution < -0.4 is 15.6 Å². The van der Waals surface area contributed by atoms with Crippen molar-refractivity contribution in [2.24, 2.45) is 0 Å². The highest BCUT2D eigenvalue weighted by Gasteiger charge is 2.12. The fourth-order valence-corrected chi connectivity index (χ4v) is 3.20. The summed E-state index contributed by atoms with van der Waals surface area (Å²) < 4.78 is 6.76. The largest absolute Gasteiger partial charge is 0.495 e. The highest BCUT2D eigenvalue weighted by Crippen LogP contribution is 2.21. The molecule has 3 rings (SSSR count). The van der Waals surface area contributed by atoms with Crippen molar-refractivity contribution in [1.29, 1.82) is 0 Å². The van der Waals surface area contributed by atoms with Crippen molar-refractivity contribution in [2.45, 2.75) is 5.03 Å². The zero-order chi connectivity index (χ0) is 19.2. The third-order valence-electron chi connectivity index (χ3n) is 3.62. The van der Waals surface area contributed by atoms with Gasteiger partial charge in [0.1, 0.15) is 5.75 Å². The number of amides is 1. The quantitative estimate of drug-likeness (QED) is 0.638. The molecule has 3 aromatic rings. The number of halogens is 1. The number of benzene rings is 2. The highest BCUT2D eigenvalue weighted by atomic mass is 35.5. The second kappa shape index (κ2) is 8.75. The van der Waals surface area contributed by atoms with Gasteiger partial charge in [0.05, 0.1) is 18.6 Å². The second-order valence-corrected chi connectivity index (χ2v) is 6.82. The molecule has 0 spiro atoms. The van der Waals surface area contributed by atoms with Crippen LogP contribution in [0.15, 0.2) is 70.7 Å². The third kappa shape index (κ3) is 4.69. The summed E-state index contributed by atoms with van der Waals surface area (Å²) in [6.45, 7) is 0. The Bertz CT molecular complexity index is 1010. The van der Waals surface area contributed by atoms with Crippen molar-refractivity contribution in [1.82, 2.24) is 9.55 Å². The van der Waals surface area contributed by atoms with Crippen molar-refractivity contribution in [3.63, 3.8) is 0 Å². The molecular formula is C19H16ClN3O3S. The van der Waals surface area contributed by atoms with Gasteiger partial charge in [-0.15, -0.1) is 0 Å². The summed E-state index contributed by atoms with van der Waals surface area (Å²) in [5, 5.41) is 3.57. The Labute approximate surface area is 165 Å². The number of carbonyl (C=O) groups is 1. The van der Waals surface area contributed by atoms with E-state index in [9.17, 15) is 9.59 Å². The van der Waals surface area contributed by atoms with Crippen LogP contribution in [0.4, 0.5) is 5.69 Å². The molecule has 0 atom stereocenters. The summed E-state index contributed by atoms with van der Waals surface area (Å²) in [6, 6.07) is 14.0. The Balaban J connectivity index is 1.73. The van der Waals surface area contributed by atoms with Gasteiger partial charge in [0.15, 0.2) is 5.03 Å². The van der Waals surface area contributed by atoms with Crippen LogP contribution >= 0.6 is 23.4 Å². The Morgan fingerprint density at radius 3 is 2.70 bits per heavy atom. The molecule has 0 fully saturated rings. The van der Waals surface area contributed by atoms with Crippen LogP contribution in [-0.4, -0.2) is 28.3 Å². The lowest BCUT2D eigenvalue weighted by Gasteiger charge is -2.11. The molecule has 0 aliphatic carbocycles. The van der Waals surface area contributed by atoms with Crippen LogP contribution in [0.1, 0.15) is 0 Å². The number of rotatable bonds is 6. The van der Waals surface area contributed by atoms with Crippen molar-refractivity contribution < 1.29 is 9.53 Å². The van der Waals surface area contributed by atoms with Crippen molar-refractivity contribution >= 4 is 35.0 Å². The van der Waals surface area contributed by atoms with E-state index in [4.69, 9.17) is 16.3 Å². The van der Waals surface area contributed by atoms with Crippen LogP contribution in [-0.2, 0) is 4.79 Å². The SMILES string of the molecule is COc1ccccc1-n1ccnc(SCC(=O)Nc2ccc(Cl)cc2)c1=O. The molecule has 8 heteroatoms. The molecule has 0 radical (unpaired) electrons. The smallest absolute Gasteiger partial charge is 0.287 e. The lowest BCUT2D eigenvalue weighted by atomic mass is 10.3. The summed E-state index contributed by atoms with van der Waals surface area (Å²) in [7, 11) is 1.54. The maximum Gasteiger partial charge on any atom is 0.287 e. The summed E-state index contributed by atoms with van der Waals surface area (Å²) in [4.78, 5) is 28.9. The lowest BCUT2D eigenvalue weighted by molar-refractivity contribution is -0.113. The first kappa shape index (κ1) is 19.0. The van der Waals surface area contributed by atoms with E-state index in [0.29, 0.717) is 22.1 Å². The van der Waals surface area contributed by atoms with Gasteiger partial charge in [-0.2, -0.15) is 0 Å². The average Bonchev–Trinajstić information content (AvgIpc) is 2.69. The molecule has 138 valence electrons. The molecule has 0 saturated heterocycles. The van der Waals surface area contributed by atoms with Gasteiger partial charge in [-0.1, -0.05) is 35.5 Å². The maximum absolute atomic E-state index is 12.7. The number of ether oxygens (including phenoxy) is 1. The Morgan fingerprint density at radius 2 is 1.96 bits per heavy atom. The monoisotopic (exact) mass is 401 g/mol. The molecule has 0 saturated carbocycles.